The topological polar surface area (TPSA) is 79.5 Å². The van der Waals surface area contributed by atoms with Crippen LogP contribution in [0.15, 0.2) is 4.99 Å². The molecule has 0 unspecified atom stereocenters. The van der Waals surface area contributed by atoms with Crippen LogP contribution >= 0.6 is 24.0 Å². The molecule has 1 saturated carbocycles. The molecule has 1 amide bonds. The number of nitrogens with two attached hydrogens (primary N) is 1. The summed E-state index contributed by atoms with van der Waals surface area (Å²) in [7, 11) is 0. The summed E-state index contributed by atoms with van der Waals surface area (Å²) in [5.41, 5.74) is 5.67. The van der Waals surface area contributed by atoms with E-state index in [2.05, 4.69) is 29.5 Å². The summed E-state index contributed by atoms with van der Waals surface area (Å²) in [5.74, 6) is 1.13. The second-order valence-electron chi connectivity index (χ2n) is 4.99. The van der Waals surface area contributed by atoms with Crippen molar-refractivity contribution in [3.8, 4) is 0 Å². The molecule has 0 saturated heterocycles. The van der Waals surface area contributed by atoms with Crippen LogP contribution in [0.25, 0.3) is 0 Å². The summed E-state index contributed by atoms with van der Waals surface area (Å²) in [6.45, 7) is 5.63. The van der Waals surface area contributed by atoms with Crippen molar-refractivity contribution in [2.45, 2.75) is 45.6 Å². The SMILES string of the molecule is CC(C)CN=C(N)NCCCC(=O)NC1CC1.I. The molecule has 0 aromatic rings. The smallest absolute Gasteiger partial charge is 0.220 e. The van der Waals surface area contributed by atoms with Crippen LogP contribution < -0.4 is 16.4 Å². The average molecular weight is 368 g/mol. The zero-order valence-electron chi connectivity index (χ0n) is 11.2. The highest BCUT2D eigenvalue weighted by atomic mass is 127. The van der Waals surface area contributed by atoms with Gasteiger partial charge in [-0.05, 0) is 25.2 Å². The van der Waals surface area contributed by atoms with Crippen molar-refractivity contribution in [2.75, 3.05) is 13.1 Å². The molecule has 4 N–H and O–H groups in total. The van der Waals surface area contributed by atoms with Crippen LogP contribution in [0.4, 0.5) is 0 Å². The normalized spacial score (nSPS) is 15.2. The van der Waals surface area contributed by atoms with E-state index in [0.29, 0.717) is 30.9 Å². The van der Waals surface area contributed by atoms with Gasteiger partial charge in [-0.15, -0.1) is 24.0 Å². The third-order valence-electron chi connectivity index (χ3n) is 2.46. The van der Waals surface area contributed by atoms with Gasteiger partial charge in [0.1, 0.15) is 0 Å². The van der Waals surface area contributed by atoms with Crippen LogP contribution in [0.2, 0.25) is 0 Å². The Morgan fingerprint density at radius 1 is 1.44 bits per heavy atom. The van der Waals surface area contributed by atoms with Crippen molar-refractivity contribution >= 4 is 35.8 Å². The van der Waals surface area contributed by atoms with E-state index in [4.69, 9.17) is 5.73 Å². The molecule has 0 radical (unpaired) electrons. The predicted molar refractivity (Wildman–Crippen MR) is 85.1 cm³/mol. The Morgan fingerprint density at radius 2 is 2.11 bits per heavy atom. The van der Waals surface area contributed by atoms with Gasteiger partial charge in [-0.2, -0.15) is 0 Å². The van der Waals surface area contributed by atoms with Crippen molar-refractivity contribution in [1.82, 2.24) is 10.6 Å². The highest BCUT2D eigenvalue weighted by molar-refractivity contribution is 14.0. The molecule has 0 heterocycles. The minimum Gasteiger partial charge on any atom is -0.370 e. The predicted octanol–water partition coefficient (Wildman–Crippen LogP) is 1.22. The molecule has 0 bridgehead atoms. The van der Waals surface area contributed by atoms with Crippen LogP contribution in [0.1, 0.15) is 39.5 Å². The fraction of sp³-hybridized carbons (Fsp3) is 0.833. The van der Waals surface area contributed by atoms with Crippen molar-refractivity contribution < 1.29 is 4.79 Å². The van der Waals surface area contributed by atoms with Crippen LogP contribution in [-0.4, -0.2) is 31.0 Å². The maximum absolute atomic E-state index is 11.4. The monoisotopic (exact) mass is 368 g/mol. The van der Waals surface area contributed by atoms with E-state index in [1.807, 2.05) is 0 Å². The molecule has 5 nitrogen and oxygen atoms in total. The molecule has 6 heteroatoms. The highest BCUT2D eigenvalue weighted by Gasteiger charge is 2.22. The number of carbonyl (C=O) groups is 1. The average Bonchev–Trinajstić information content (AvgIpc) is 3.05. The summed E-state index contributed by atoms with van der Waals surface area (Å²) in [5, 5.41) is 5.96. The van der Waals surface area contributed by atoms with Gasteiger partial charge in [0.2, 0.25) is 5.91 Å². The Bertz CT molecular complexity index is 277. The number of amides is 1. The first-order valence-electron chi connectivity index (χ1n) is 6.41. The number of halogens is 1. The van der Waals surface area contributed by atoms with E-state index in [0.717, 1.165) is 25.8 Å². The van der Waals surface area contributed by atoms with Gasteiger partial charge in [0.25, 0.3) is 0 Å². The van der Waals surface area contributed by atoms with Gasteiger partial charge in [-0.1, -0.05) is 13.8 Å². The minimum atomic E-state index is 0. The molecule has 0 aliphatic heterocycles. The summed E-state index contributed by atoms with van der Waals surface area (Å²) >= 11 is 0. The molecule has 1 aliphatic rings. The molecule has 0 aromatic heterocycles. The van der Waals surface area contributed by atoms with E-state index in [-0.39, 0.29) is 29.9 Å². The second kappa shape index (κ2) is 9.41. The maximum Gasteiger partial charge on any atom is 0.220 e. The van der Waals surface area contributed by atoms with Gasteiger partial charge in [0.05, 0.1) is 0 Å². The number of hydrogen-bond donors (Lipinski definition) is 3. The van der Waals surface area contributed by atoms with E-state index in [1.165, 1.54) is 0 Å². The van der Waals surface area contributed by atoms with Crippen LogP contribution in [0, 0.1) is 5.92 Å². The molecule has 1 rings (SSSR count). The summed E-state index contributed by atoms with van der Waals surface area (Å²) in [6, 6.07) is 0.452. The third kappa shape index (κ3) is 9.49. The molecular formula is C12H25IN4O. The Hall–Kier alpha value is -0.530. The third-order valence-corrected chi connectivity index (χ3v) is 2.46. The summed E-state index contributed by atoms with van der Waals surface area (Å²) < 4.78 is 0. The zero-order chi connectivity index (χ0) is 12.7. The first-order chi connectivity index (χ1) is 8.08. The standard InChI is InChI=1S/C12H24N4O.HI/c1-9(2)8-15-12(13)14-7-3-4-11(17)16-10-5-6-10;/h9-10H,3-8H2,1-2H3,(H,16,17)(H3,13,14,15);1H. The molecule has 0 aromatic carbocycles. The fourth-order valence-corrected chi connectivity index (χ4v) is 1.33. The largest absolute Gasteiger partial charge is 0.370 e. The summed E-state index contributed by atoms with van der Waals surface area (Å²) in [6.07, 6.45) is 3.62. The highest BCUT2D eigenvalue weighted by Crippen LogP contribution is 2.18. The van der Waals surface area contributed by atoms with E-state index in [1.54, 1.807) is 0 Å². The quantitative estimate of drug-likeness (QED) is 0.274. The van der Waals surface area contributed by atoms with E-state index >= 15 is 0 Å². The zero-order valence-corrected chi connectivity index (χ0v) is 13.6. The number of guanidine groups is 1. The van der Waals surface area contributed by atoms with Gasteiger partial charge < -0.3 is 16.4 Å². The molecular weight excluding hydrogens is 343 g/mol. The van der Waals surface area contributed by atoms with Crippen LogP contribution in [0.5, 0.6) is 0 Å². The number of nitrogens with zero attached hydrogens (tertiary/aromatic N) is 1. The number of hydrogen-bond acceptors (Lipinski definition) is 2. The molecule has 1 fully saturated rings. The lowest BCUT2D eigenvalue weighted by Crippen LogP contribution is -2.33. The first kappa shape index (κ1) is 17.5. The van der Waals surface area contributed by atoms with E-state index in [9.17, 15) is 4.79 Å². The lowest BCUT2D eigenvalue weighted by molar-refractivity contribution is -0.121. The Labute approximate surface area is 126 Å². The summed E-state index contributed by atoms with van der Waals surface area (Å²) in [4.78, 5) is 15.5. The minimum absolute atomic E-state index is 0. The molecule has 106 valence electrons. The lowest BCUT2D eigenvalue weighted by atomic mass is 10.2. The first-order valence-corrected chi connectivity index (χ1v) is 6.41. The van der Waals surface area contributed by atoms with Gasteiger partial charge >= 0.3 is 0 Å². The van der Waals surface area contributed by atoms with Gasteiger partial charge in [0.15, 0.2) is 5.96 Å². The molecule has 0 spiro atoms. The van der Waals surface area contributed by atoms with Gasteiger partial charge in [-0.25, -0.2) is 0 Å². The van der Waals surface area contributed by atoms with Crippen molar-refractivity contribution in [1.29, 1.82) is 0 Å². The van der Waals surface area contributed by atoms with E-state index < -0.39 is 0 Å². The molecule has 1 aliphatic carbocycles. The Balaban J connectivity index is 0.00000289. The Kier molecular flexibility index (Phi) is 9.13. The van der Waals surface area contributed by atoms with Gasteiger partial charge in [0, 0.05) is 25.6 Å². The number of aliphatic imine (C=N–C) groups is 1. The number of rotatable bonds is 7. The molecule has 0 atom stereocenters. The fourth-order valence-electron chi connectivity index (χ4n) is 1.33. The van der Waals surface area contributed by atoms with Crippen LogP contribution in [-0.2, 0) is 4.79 Å². The number of nitrogens with one attached hydrogen (secondary N) is 2. The number of carbonyl (C=O) groups excluding carboxylic acids is 1. The maximum atomic E-state index is 11.4. The second-order valence-corrected chi connectivity index (χ2v) is 4.99. The molecule has 18 heavy (non-hydrogen) atoms. The van der Waals surface area contributed by atoms with Crippen molar-refractivity contribution in [3.63, 3.8) is 0 Å². The van der Waals surface area contributed by atoms with Crippen LogP contribution in [0.3, 0.4) is 0 Å². The van der Waals surface area contributed by atoms with Gasteiger partial charge in [-0.3, -0.25) is 9.79 Å². The Morgan fingerprint density at radius 3 is 2.67 bits per heavy atom. The van der Waals surface area contributed by atoms with Crippen molar-refractivity contribution in [3.05, 3.63) is 0 Å². The lowest BCUT2D eigenvalue weighted by Gasteiger charge is -2.06. The van der Waals surface area contributed by atoms with Crippen molar-refractivity contribution in [2.24, 2.45) is 16.6 Å².